The predicted molar refractivity (Wildman–Crippen MR) is 96.5 cm³/mol. The van der Waals surface area contributed by atoms with Gasteiger partial charge in [-0.15, -0.1) is 0 Å². The van der Waals surface area contributed by atoms with Gasteiger partial charge in [-0.2, -0.15) is 13.2 Å². The Morgan fingerprint density at radius 3 is 2.64 bits per heavy atom. The van der Waals surface area contributed by atoms with Crippen molar-refractivity contribution in [2.45, 2.75) is 44.9 Å². The maximum atomic E-state index is 13.8. The van der Waals surface area contributed by atoms with E-state index in [1.165, 1.54) is 11.0 Å². The zero-order valence-electron chi connectivity index (χ0n) is 14.9. The Bertz CT molecular complexity index is 898. The van der Waals surface area contributed by atoms with Crippen molar-refractivity contribution in [2.24, 2.45) is 0 Å². The number of benzene rings is 1. The molecule has 1 aliphatic rings. The number of amides is 1. The van der Waals surface area contributed by atoms with Crippen LogP contribution in [-0.4, -0.2) is 32.2 Å². The van der Waals surface area contributed by atoms with Gasteiger partial charge in [-0.1, -0.05) is 13.0 Å². The first-order valence-electron chi connectivity index (χ1n) is 8.73. The van der Waals surface area contributed by atoms with Crippen molar-refractivity contribution >= 4 is 22.0 Å². The Morgan fingerprint density at radius 2 is 2.07 bits per heavy atom. The summed E-state index contributed by atoms with van der Waals surface area (Å²) in [7, 11) is 0. The van der Waals surface area contributed by atoms with Crippen LogP contribution in [0, 0.1) is 5.82 Å². The number of hydrogen-bond acceptors (Lipinski definition) is 2. The van der Waals surface area contributed by atoms with Crippen molar-refractivity contribution in [3.63, 3.8) is 0 Å². The van der Waals surface area contributed by atoms with Gasteiger partial charge in [0.15, 0.2) is 4.73 Å². The van der Waals surface area contributed by atoms with Gasteiger partial charge in [0.2, 0.25) is 0 Å². The lowest BCUT2D eigenvalue weighted by Crippen LogP contribution is -2.42. The Hall–Kier alpha value is -2.10. The van der Waals surface area contributed by atoms with Crippen LogP contribution in [0.1, 0.15) is 41.9 Å². The lowest BCUT2D eigenvalue weighted by atomic mass is 9.97. The zero-order valence-corrected chi connectivity index (χ0v) is 16.5. The minimum absolute atomic E-state index is 0.232. The second-order valence-electron chi connectivity index (χ2n) is 6.56. The molecule has 152 valence electrons. The SMILES string of the molecule is CCc1nc(Br)n2c1C(CCc1ccc(C(F)(F)F)c(F)c1)N(C(=O)O)CC2. The van der Waals surface area contributed by atoms with Crippen LogP contribution >= 0.6 is 15.9 Å². The first kappa shape index (κ1) is 20.6. The molecule has 1 amide bonds. The third-order valence-electron chi connectivity index (χ3n) is 4.92. The fourth-order valence-electron chi connectivity index (χ4n) is 3.61. The molecular weight excluding hydrogens is 446 g/mol. The molecule has 0 saturated heterocycles. The molecule has 0 spiro atoms. The summed E-state index contributed by atoms with van der Waals surface area (Å²) in [6.07, 6.45) is -4.67. The first-order valence-corrected chi connectivity index (χ1v) is 9.52. The molecule has 1 unspecified atom stereocenters. The third-order valence-corrected chi connectivity index (χ3v) is 5.52. The maximum Gasteiger partial charge on any atom is 0.419 e. The van der Waals surface area contributed by atoms with E-state index in [4.69, 9.17) is 0 Å². The number of nitrogens with zero attached hydrogens (tertiary/aromatic N) is 3. The molecule has 0 radical (unpaired) electrons. The molecular formula is C18H18BrF4N3O2. The number of hydrogen-bond donors (Lipinski definition) is 1. The van der Waals surface area contributed by atoms with Crippen LogP contribution < -0.4 is 0 Å². The second kappa shape index (κ2) is 7.73. The van der Waals surface area contributed by atoms with Gasteiger partial charge < -0.3 is 9.67 Å². The smallest absolute Gasteiger partial charge is 0.419 e. The van der Waals surface area contributed by atoms with Gasteiger partial charge in [-0.05, 0) is 52.9 Å². The van der Waals surface area contributed by atoms with Crippen LogP contribution in [0.25, 0.3) is 0 Å². The van der Waals surface area contributed by atoms with Crippen molar-refractivity contribution in [1.29, 1.82) is 0 Å². The number of carbonyl (C=O) groups is 1. The van der Waals surface area contributed by atoms with Crippen molar-refractivity contribution < 1.29 is 27.5 Å². The Labute approximate surface area is 167 Å². The second-order valence-corrected chi connectivity index (χ2v) is 7.27. The van der Waals surface area contributed by atoms with Crippen molar-refractivity contribution in [2.75, 3.05) is 6.54 Å². The normalized spacial score (nSPS) is 16.9. The standard InChI is InChI=1S/C18H18BrF4N3O2/c1-2-13-15-14(25(17(27)28)7-8-26(15)16(19)24-13)6-4-10-3-5-11(12(20)9-10)18(21,22)23/h3,5,9,14H,2,4,6-8H2,1H3,(H,27,28). The molecule has 2 heterocycles. The van der Waals surface area contributed by atoms with Gasteiger partial charge in [0.05, 0.1) is 23.0 Å². The summed E-state index contributed by atoms with van der Waals surface area (Å²) < 4.78 is 54.5. The highest BCUT2D eigenvalue weighted by Gasteiger charge is 2.36. The first-order chi connectivity index (χ1) is 13.1. The summed E-state index contributed by atoms with van der Waals surface area (Å²) in [6, 6.07) is 2.31. The molecule has 0 saturated carbocycles. The minimum atomic E-state index is -4.75. The van der Waals surface area contributed by atoms with E-state index in [1.807, 2.05) is 11.5 Å². The zero-order chi connectivity index (χ0) is 20.6. The van der Waals surface area contributed by atoms with Gasteiger partial charge in [-0.25, -0.2) is 14.2 Å². The van der Waals surface area contributed by atoms with Gasteiger partial charge >= 0.3 is 12.3 Å². The minimum Gasteiger partial charge on any atom is -0.465 e. The molecule has 10 heteroatoms. The van der Waals surface area contributed by atoms with Gasteiger partial charge in [0, 0.05) is 13.1 Å². The highest BCUT2D eigenvalue weighted by atomic mass is 79.9. The lowest BCUT2D eigenvalue weighted by Gasteiger charge is -2.35. The van der Waals surface area contributed by atoms with Crippen LogP contribution in [0.4, 0.5) is 22.4 Å². The topological polar surface area (TPSA) is 58.4 Å². The summed E-state index contributed by atoms with van der Waals surface area (Å²) in [5.41, 5.74) is 0.609. The van der Waals surface area contributed by atoms with Crippen molar-refractivity contribution in [3.8, 4) is 0 Å². The van der Waals surface area contributed by atoms with E-state index in [9.17, 15) is 27.5 Å². The van der Waals surface area contributed by atoms with Crippen molar-refractivity contribution in [3.05, 3.63) is 51.3 Å². The summed E-state index contributed by atoms with van der Waals surface area (Å²) >= 11 is 3.39. The average molecular weight is 464 g/mol. The Morgan fingerprint density at radius 1 is 1.36 bits per heavy atom. The fraction of sp³-hybridized carbons (Fsp3) is 0.444. The Balaban J connectivity index is 1.88. The molecule has 1 aromatic carbocycles. The van der Waals surface area contributed by atoms with Crippen molar-refractivity contribution in [1.82, 2.24) is 14.5 Å². The van der Waals surface area contributed by atoms with Gasteiger partial charge in [0.25, 0.3) is 0 Å². The predicted octanol–water partition coefficient (Wildman–Crippen LogP) is 5.03. The number of carboxylic acid groups (broad SMARTS) is 1. The largest absolute Gasteiger partial charge is 0.465 e. The van der Waals surface area contributed by atoms with E-state index in [2.05, 4.69) is 20.9 Å². The van der Waals surface area contributed by atoms with Gasteiger partial charge in [-0.3, -0.25) is 4.90 Å². The van der Waals surface area contributed by atoms with E-state index in [1.54, 1.807) is 0 Å². The number of aromatic nitrogens is 2. The number of alkyl halides is 3. The van der Waals surface area contributed by atoms with E-state index >= 15 is 0 Å². The number of halogens is 5. The van der Waals surface area contributed by atoms with Crippen LogP contribution in [-0.2, 0) is 25.6 Å². The van der Waals surface area contributed by atoms with Crippen LogP contribution in [0.15, 0.2) is 22.9 Å². The maximum absolute atomic E-state index is 13.8. The summed E-state index contributed by atoms with van der Waals surface area (Å²) in [4.78, 5) is 17.4. The van der Waals surface area contributed by atoms with Gasteiger partial charge in [0.1, 0.15) is 5.82 Å². The summed E-state index contributed by atoms with van der Waals surface area (Å²) in [5.74, 6) is -1.33. The molecule has 3 rings (SSSR count). The van der Waals surface area contributed by atoms with Crippen LogP contribution in [0.3, 0.4) is 0 Å². The van der Waals surface area contributed by atoms with E-state index in [-0.39, 0.29) is 13.0 Å². The van der Waals surface area contributed by atoms with Crippen LogP contribution in [0.2, 0.25) is 0 Å². The van der Waals surface area contributed by atoms with E-state index in [0.29, 0.717) is 29.7 Å². The molecule has 5 nitrogen and oxygen atoms in total. The molecule has 28 heavy (non-hydrogen) atoms. The average Bonchev–Trinajstić information content (AvgIpc) is 2.94. The lowest BCUT2D eigenvalue weighted by molar-refractivity contribution is -0.140. The molecule has 1 aromatic heterocycles. The molecule has 0 aliphatic carbocycles. The molecule has 1 N–H and O–H groups in total. The molecule has 0 bridgehead atoms. The van der Waals surface area contributed by atoms with Crippen LogP contribution in [0.5, 0.6) is 0 Å². The third kappa shape index (κ3) is 3.87. The molecule has 1 aliphatic heterocycles. The van der Waals surface area contributed by atoms with E-state index in [0.717, 1.165) is 23.5 Å². The fourth-order valence-corrected chi connectivity index (χ4v) is 4.19. The molecule has 1 atom stereocenters. The quantitative estimate of drug-likeness (QED) is 0.646. The Kier molecular flexibility index (Phi) is 5.69. The van der Waals surface area contributed by atoms with E-state index < -0.39 is 29.7 Å². The monoisotopic (exact) mass is 463 g/mol. The summed E-state index contributed by atoms with van der Waals surface area (Å²) in [5, 5.41) is 9.57. The number of fused-ring (bicyclic) bond motifs is 1. The highest BCUT2D eigenvalue weighted by molar-refractivity contribution is 9.10. The number of imidazole rings is 1. The highest BCUT2D eigenvalue weighted by Crippen LogP contribution is 2.36. The molecule has 2 aromatic rings. The number of rotatable bonds is 4. The number of aryl methyl sites for hydroxylation is 2. The summed E-state index contributed by atoms with van der Waals surface area (Å²) in [6.45, 7) is 2.64. The molecule has 0 fully saturated rings.